The Labute approximate surface area is 193 Å². The summed E-state index contributed by atoms with van der Waals surface area (Å²) in [5.74, 6) is 1.75. The van der Waals surface area contributed by atoms with Crippen LogP contribution >= 0.6 is 11.6 Å². The van der Waals surface area contributed by atoms with Gasteiger partial charge < -0.3 is 14.5 Å². The Morgan fingerprint density at radius 1 is 1.03 bits per heavy atom. The summed E-state index contributed by atoms with van der Waals surface area (Å²) in [6, 6.07) is 20.1. The highest BCUT2D eigenvalue weighted by Crippen LogP contribution is 2.30. The van der Waals surface area contributed by atoms with Gasteiger partial charge in [0.25, 0.3) is 0 Å². The molecule has 1 fully saturated rings. The van der Waals surface area contributed by atoms with Crippen LogP contribution in [0, 0.1) is 0 Å². The molecule has 2 aromatic carbocycles. The fourth-order valence-electron chi connectivity index (χ4n) is 4.68. The van der Waals surface area contributed by atoms with Crippen LogP contribution in [0.4, 0.5) is 0 Å². The van der Waals surface area contributed by atoms with Gasteiger partial charge in [-0.3, -0.25) is 4.79 Å². The van der Waals surface area contributed by atoms with E-state index in [1.807, 2.05) is 71.9 Å². The molecule has 4 aromatic rings. The molecular weight excluding hydrogens is 420 g/mol. The van der Waals surface area contributed by atoms with Crippen LogP contribution in [-0.2, 0) is 11.3 Å². The van der Waals surface area contributed by atoms with Crippen molar-refractivity contribution in [2.24, 2.45) is 0 Å². The molecule has 1 saturated heterocycles. The van der Waals surface area contributed by atoms with Crippen molar-refractivity contribution in [1.29, 1.82) is 0 Å². The Bertz CT molecular complexity index is 1140. The van der Waals surface area contributed by atoms with Crippen LogP contribution in [0.5, 0.6) is 0 Å². The number of halogens is 1. The molecule has 1 N–H and O–H groups in total. The molecule has 1 aliphatic rings. The molecule has 0 saturated carbocycles. The Morgan fingerprint density at radius 2 is 1.75 bits per heavy atom. The maximum atomic E-state index is 13.2. The van der Waals surface area contributed by atoms with Gasteiger partial charge in [0, 0.05) is 55.3 Å². The summed E-state index contributed by atoms with van der Waals surface area (Å²) in [6.07, 6.45) is 6.47. The number of nitrogens with one attached hydrogen (secondary N) is 1. The van der Waals surface area contributed by atoms with E-state index < -0.39 is 0 Å². The predicted molar refractivity (Wildman–Crippen MR) is 128 cm³/mol. The number of nitrogens with zero attached hydrogens (tertiary/aromatic N) is 3. The van der Waals surface area contributed by atoms with E-state index in [-0.39, 0.29) is 11.8 Å². The number of para-hydroxylation sites is 2. The first-order valence-electron chi connectivity index (χ1n) is 11.2. The number of piperidine rings is 1. The molecule has 5 nitrogen and oxygen atoms in total. The molecule has 6 heteroatoms. The molecule has 1 atom stereocenters. The lowest BCUT2D eigenvalue weighted by Gasteiger charge is -2.32. The standard InChI is InChI=1S/C26H27ClN4O/c27-22-9-7-19(8-10-22)21(18-30-13-3-4-14-30)17-25(32)31-15-11-20(12-16-31)26-28-23-5-1-2-6-24(23)29-26/h1-10,13-14,20-21H,11-12,15-18H2,(H,28,29). The summed E-state index contributed by atoms with van der Waals surface area (Å²) in [7, 11) is 0. The molecule has 0 bridgehead atoms. The zero-order chi connectivity index (χ0) is 21.9. The lowest BCUT2D eigenvalue weighted by atomic mass is 9.92. The predicted octanol–water partition coefficient (Wildman–Crippen LogP) is 5.60. The number of carbonyl (C=O) groups is 1. The highest BCUT2D eigenvalue weighted by atomic mass is 35.5. The number of likely N-dealkylation sites (tertiary alicyclic amines) is 1. The third kappa shape index (κ3) is 4.58. The number of aromatic nitrogens is 3. The Hall–Kier alpha value is -3.05. The first-order valence-corrected chi connectivity index (χ1v) is 11.6. The van der Waals surface area contributed by atoms with E-state index in [4.69, 9.17) is 16.6 Å². The fourth-order valence-corrected chi connectivity index (χ4v) is 4.80. The minimum atomic E-state index is 0.111. The number of hydrogen-bond acceptors (Lipinski definition) is 2. The molecular formula is C26H27ClN4O. The lowest BCUT2D eigenvalue weighted by Crippen LogP contribution is -2.39. The van der Waals surface area contributed by atoms with Crippen LogP contribution in [0.1, 0.15) is 42.5 Å². The van der Waals surface area contributed by atoms with Crippen LogP contribution in [0.3, 0.4) is 0 Å². The zero-order valence-electron chi connectivity index (χ0n) is 18.0. The van der Waals surface area contributed by atoms with Gasteiger partial charge in [0.1, 0.15) is 5.82 Å². The number of amides is 1. The number of hydrogen-bond donors (Lipinski definition) is 1. The van der Waals surface area contributed by atoms with Gasteiger partial charge in [-0.2, -0.15) is 0 Å². The third-order valence-electron chi connectivity index (χ3n) is 6.50. The second-order valence-electron chi connectivity index (χ2n) is 8.63. The maximum absolute atomic E-state index is 13.2. The normalized spacial score (nSPS) is 15.8. The summed E-state index contributed by atoms with van der Waals surface area (Å²) in [5.41, 5.74) is 3.24. The third-order valence-corrected chi connectivity index (χ3v) is 6.75. The van der Waals surface area contributed by atoms with Crippen molar-refractivity contribution in [1.82, 2.24) is 19.4 Å². The van der Waals surface area contributed by atoms with Gasteiger partial charge in [-0.15, -0.1) is 0 Å². The van der Waals surface area contributed by atoms with Crippen molar-refractivity contribution in [2.75, 3.05) is 13.1 Å². The number of benzene rings is 2. The molecule has 1 aliphatic heterocycles. The molecule has 2 aromatic heterocycles. The summed E-state index contributed by atoms with van der Waals surface area (Å²) in [6.45, 7) is 2.32. The van der Waals surface area contributed by atoms with Crippen LogP contribution in [-0.4, -0.2) is 38.4 Å². The molecule has 164 valence electrons. The zero-order valence-corrected chi connectivity index (χ0v) is 18.7. The van der Waals surface area contributed by atoms with Gasteiger partial charge in [0.2, 0.25) is 5.91 Å². The quantitative estimate of drug-likeness (QED) is 0.419. The average molecular weight is 447 g/mol. The van der Waals surface area contributed by atoms with Crippen LogP contribution in [0.2, 0.25) is 5.02 Å². The van der Waals surface area contributed by atoms with E-state index in [1.165, 1.54) is 0 Å². The van der Waals surface area contributed by atoms with Gasteiger partial charge in [-0.05, 0) is 54.8 Å². The fraction of sp³-hybridized carbons (Fsp3) is 0.308. The van der Waals surface area contributed by atoms with E-state index in [1.54, 1.807) is 0 Å². The second-order valence-corrected chi connectivity index (χ2v) is 9.06. The van der Waals surface area contributed by atoms with Gasteiger partial charge in [0.05, 0.1) is 11.0 Å². The first-order chi connectivity index (χ1) is 15.7. The Kier molecular flexibility index (Phi) is 5.99. The highest BCUT2D eigenvalue weighted by molar-refractivity contribution is 6.30. The molecule has 32 heavy (non-hydrogen) atoms. The molecule has 0 aliphatic carbocycles. The van der Waals surface area contributed by atoms with Crippen LogP contribution in [0.15, 0.2) is 73.1 Å². The summed E-state index contributed by atoms with van der Waals surface area (Å²) < 4.78 is 2.14. The first kappa shape index (κ1) is 20.8. The lowest BCUT2D eigenvalue weighted by molar-refractivity contribution is -0.132. The van der Waals surface area contributed by atoms with Gasteiger partial charge in [-0.1, -0.05) is 35.9 Å². The molecule has 0 radical (unpaired) electrons. The molecule has 1 unspecified atom stereocenters. The topological polar surface area (TPSA) is 53.9 Å². The van der Waals surface area contributed by atoms with Crippen molar-refractivity contribution in [2.45, 2.75) is 37.6 Å². The van der Waals surface area contributed by atoms with Gasteiger partial charge in [0.15, 0.2) is 0 Å². The van der Waals surface area contributed by atoms with E-state index in [2.05, 4.69) is 15.6 Å². The molecule has 1 amide bonds. The summed E-state index contributed by atoms with van der Waals surface area (Å²) >= 11 is 6.09. The minimum absolute atomic E-state index is 0.111. The van der Waals surface area contributed by atoms with Crippen LogP contribution in [0.25, 0.3) is 11.0 Å². The molecule has 0 spiro atoms. The van der Waals surface area contributed by atoms with Gasteiger partial charge in [-0.25, -0.2) is 4.98 Å². The van der Waals surface area contributed by atoms with Crippen molar-refractivity contribution in [3.05, 3.63) is 89.5 Å². The van der Waals surface area contributed by atoms with Crippen molar-refractivity contribution in [3.8, 4) is 0 Å². The van der Waals surface area contributed by atoms with E-state index >= 15 is 0 Å². The van der Waals surface area contributed by atoms with E-state index in [0.29, 0.717) is 17.4 Å². The number of imidazole rings is 1. The number of fused-ring (bicyclic) bond motifs is 1. The number of carbonyl (C=O) groups excluding carboxylic acids is 1. The number of rotatable bonds is 6. The maximum Gasteiger partial charge on any atom is 0.223 e. The van der Waals surface area contributed by atoms with E-state index in [0.717, 1.165) is 54.9 Å². The van der Waals surface area contributed by atoms with Crippen molar-refractivity contribution >= 4 is 28.5 Å². The smallest absolute Gasteiger partial charge is 0.223 e. The summed E-state index contributed by atoms with van der Waals surface area (Å²) in [4.78, 5) is 23.5. The Morgan fingerprint density at radius 3 is 2.47 bits per heavy atom. The molecule has 3 heterocycles. The average Bonchev–Trinajstić information content (AvgIpc) is 3.49. The molecule has 5 rings (SSSR count). The number of H-pyrrole nitrogens is 1. The van der Waals surface area contributed by atoms with E-state index in [9.17, 15) is 4.79 Å². The van der Waals surface area contributed by atoms with Gasteiger partial charge >= 0.3 is 0 Å². The SMILES string of the molecule is O=C(CC(Cn1cccc1)c1ccc(Cl)cc1)N1CCC(c2nc3ccccc3[nH]2)CC1. The van der Waals surface area contributed by atoms with Crippen molar-refractivity contribution < 1.29 is 4.79 Å². The van der Waals surface area contributed by atoms with Crippen LogP contribution < -0.4 is 0 Å². The number of aromatic amines is 1. The largest absolute Gasteiger partial charge is 0.354 e. The Balaban J connectivity index is 1.24. The summed E-state index contributed by atoms with van der Waals surface area (Å²) in [5, 5.41) is 0.715. The van der Waals surface area contributed by atoms with Crippen molar-refractivity contribution in [3.63, 3.8) is 0 Å². The minimum Gasteiger partial charge on any atom is -0.354 e. The second kappa shape index (κ2) is 9.21. The monoisotopic (exact) mass is 446 g/mol. The highest BCUT2D eigenvalue weighted by Gasteiger charge is 2.27.